The maximum absolute atomic E-state index is 14.2. The van der Waals surface area contributed by atoms with Crippen molar-refractivity contribution in [3.63, 3.8) is 0 Å². The van der Waals surface area contributed by atoms with Gasteiger partial charge >= 0.3 is 5.97 Å². The number of benzene rings is 2. The third-order valence-electron chi connectivity index (χ3n) is 4.64. The molecule has 0 atom stereocenters. The number of carboxylic acid groups (broad SMARTS) is 1. The standard InChI is InChI=1S/C23H24F2N2O3S/c1-13(2)30-19-9-7-16(12-18(19)23(4,24)25)21-26-27-22(31-21)17-8-5-15(11-14(17)3)6-10-20(28)29/h5,7-9,11-13H,6,10H2,1-4H3,(H,28,29). The molecule has 0 aliphatic carbocycles. The lowest BCUT2D eigenvalue weighted by Crippen LogP contribution is -2.13. The molecular weight excluding hydrogens is 422 g/mol. The van der Waals surface area contributed by atoms with Gasteiger partial charge < -0.3 is 9.84 Å². The van der Waals surface area contributed by atoms with Crippen molar-refractivity contribution in [3.05, 3.63) is 53.1 Å². The number of carboxylic acids is 1. The van der Waals surface area contributed by atoms with Crippen LogP contribution in [-0.2, 0) is 17.1 Å². The molecule has 0 saturated carbocycles. The number of alkyl halides is 2. The van der Waals surface area contributed by atoms with Crippen LogP contribution in [0.5, 0.6) is 5.75 Å². The second-order valence-corrected chi connectivity index (χ2v) is 8.70. The smallest absolute Gasteiger partial charge is 0.303 e. The van der Waals surface area contributed by atoms with Crippen LogP contribution < -0.4 is 4.74 Å². The van der Waals surface area contributed by atoms with E-state index in [1.807, 2.05) is 25.1 Å². The van der Waals surface area contributed by atoms with Gasteiger partial charge in [0.1, 0.15) is 15.8 Å². The molecule has 0 amide bonds. The zero-order valence-electron chi connectivity index (χ0n) is 17.8. The lowest BCUT2D eigenvalue weighted by Gasteiger charge is -2.19. The van der Waals surface area contributed by atoms with Crippen molar-refractivity contribution in [2.24, 2.45) is 0 Å². The van der Waals surface area contributed by atoms with Crippen LogP contribution in [0.15, 0.2) is 36.4 Å². The largest absolute Gasteiger partial charge is 0.490 e. The van der Waals surface area contributed by atoms with Crippen molar-refractivity contribution in [2.45, 2.75) is 52.6 Å². The molecule has 8 heteroatoms. The van der Waals surface area contributed by atoms with Crippen LogP contribution >= 0.6 is 11.3 Å². The first-order valence-electron chi connectivity index (χ1n) is 9.89. The van der Waals surface area contributed by atoms with Crippen LogP contribution in [0.25, 0.3) is 21.1 Å². The van der Waals surface area contributed by atoms with Gasteiger partial charge in [0.05, 0.1) is 11.7 Å². The highest BCUT2D eigenvalue weighted by Crippen LogP contribution is 2.39. The molecular formula is C23H24F2N2O3S. The van der Waals surface area contributed by atoms with Crippen LogP contribution in [0.4, 0.5) is 8.78 Å². The van der Waals surface area contributed by atoms with Crippen LogP contribution in [0, 0.1) is 6.92 Å². The van der Waals surface area contributed by atoms with Gasteiger partial charge in [0.2, 0.25) is 0 Å². The van der Waals surface area contributed by atoms with Crippen molar-refractivity contribution in [2.75, 3.05) is 0 Å². The molecule has 0 bridgehead atoms. The number of aliphatic carboxylic acids is 1. The molecule has 0 unspecified atom stereocenters. The predicted octanol–water partition coefficient (Wildman–Crippen LogP) is 6.10. The van der Waals surface area contributed by atoms with E-state index in [-0.39, 0.29) is 23.8 Å². The molecule has 31 heavy (non-hydrogen) atoms. The Hall–Kier alpha value is -2.87. The second kappa shape index (κ2) is 9.09. The number of aromatic nitrogens is 2. The molecule has 2 aromatic carbocycles. The van der Waals surface area contributed by atoms with E-state index in [4.69, 9.17) is 9.84 Å². The van der Waals surface area contributed by atoms with Gasteiger partial charge in [-0.2, -0.15) is 0 Å². The van der Waals surface area contributed by atoms with E-state index in [2.05, 4.69) is 10.2 Å². The van der Waals surface area contributed by atoms with Gasteiger partial charge in [-0.1, -0.05) is 29.5 Å². The maximum Gasteiger partial charge on any atom is 0.303 e. The van der Waals surface area contributed by atoms with Gasteiger partial charge in [-0.3, -0.25) is 4.79 Å². The highest BCUT2D eigenvalue weighted by Gasteiger charge is 2.30. The summed E-state index contributed by atoms with van der Waals surface area (Å²) in [6, 6.07) is 10.4. The predicted molar refractivity (Wildman–Crippen MR) is 117 cm³/mol. The van der Waals surface area contributed by atoms with E-state index in [0.29, 0.717) is 22.0 Å². The molecule has 0 aliphatic heterocycles. The molecule has 3 rings (SSSR count). The van der Waals surface area contributed by atoms with Crippen molar-refractivity contribution in [1.82, 2.24) is 10.2 Å². The number of nitrogens with zero attached hydrogens (tertiary/aromatic N) is 2. The molecule has 1 heterocycles. The normalized spacial score (nSPS) is 11.7. The van der Waals surface area contributed by atoms with Gasteiger partial charge in [-0.05, 0) is 56.5 Å². The SMILES string of the molecule is Cc1cc(CCC(=O)O)ccc1-c1nnc(-c2ccc(OC(C)C)c(C(C)(F)F)c2)s1. The van der Waals surface area contributed by atoms with Crippen LogP contribution in [0.1, 0.15) is 43.9 Å². The summed E-state index contributed by atoms with van der Waals surface area (Å²) in [6.07, 6.45) is 0.306. The number of hydrogen-bond donors (Lipinski definition) is 1. The van der Waals surface area contributed by atoms with Gasteiger partial charge in [0.25, 0.3) is 5.92 Å². The zero-order valence-corrected chi connectivity index (χ0v) is 18.6. The maximum atomic E-state index is 14.2. The molecule has 0 fully saturated rings. The van der Waals surface area contributed by atoms with E-state index in [0.717, 1.165) is 23.6 Å². The number of carbonyl (C=O) groups is 1. The van der Waals surface area contributed by atoms with E-state index >= 15 is 0 Å². The first-order valence-corrected chi connectivity index (χ1v) is 10.7. The van der Waals surface area contributed by atoms with Crippen LogP contribution in [-0.4, -0.2) is 27.4 Å². The minimum atomic E-state index is -3.06. The lowest BCUT2D eigenvalue weighted by atomic mass is 10.0. The van der Waals surface area contributed by atoms with E-state index in [1.165, 1.54) is 17.4 Å². The molecule has 0 saturated heterocycles. The summed E-state index contributed by atoms with van der Waals surface area (Å²) in [5, 5.41) is 18.5. The van der Waals surface area contributed by atoms with Crippen molar-refractivity contribution >= 4 is 17.3 Å². The Balaban J connectivity index is 1.91. The van der Waals surface area contributed by atoms with Gasteiger partial charge in [-0.25, -0.2) is 8.78 Å². The Morgan fingerprint density at radius 1 is 1.16 bits per heavy atom. The number of halogens is 2. The average molecular weight is 447 g/mol. The minimum Gasteiger partial charge on any atom is -0.490 e. The fourth-order valence-corrected chi connectivity index (χ4v) is 4.11. The third-order valence-corrected chi connectivity index (χ3v) is 5.64. The number of rotatable bonds is 8. The molecule has 3 aromatic rings. The molecule has 0 radical (unpaired) electrons. The third kappa shape index (κ3) is 5.64. The molecule has 0 aliphatic rings. The number of aryl methyl sites for hydroxylation is 2. The summed E-state index contributed by atoms with van der Waals surface area (Å²) in [7, 11) is 0. The molecule has 5 nitrogen and oxygen atoms in total. The summed E-state index contributed by atoms with van der Waals surface area (Å²) in [4.78, 5) is 10.8. The minimum absolute atomic E-state index is 0.0721. The first kappa shape index (κ1) is 22.8. The summed E-state index contributed by atoms with van der Waals surface area (Å²) in [5.41, 5.74) is 3.13. The van der Waals surface area contributed by atoms with Gasteiger partial charge in [0.15, 0.2) is 0 Å². The topological polar surface area (TPSA) is 72.3 Å². The fraction of sp³-hybridized carbons (Fsp3) is 0.348. The molecule has 164 valence electrons. The van der Waals surface area contributed by atoms with Crippen molar-refractivity contribution in [3.8, 4) is 26.9 Å². The summed E-state index contributed by atoms with van der Waals surface area (Å²) in [6.45, 7) is 6.35. The molecule has 0 spiro atoms. The van der Waals surface area contributed by atoms with Gasteiger partial charge in [0, 0.05) is 24.5 Å². The lowest BCUT2D eigenvalue weighted by molar-refractivity contribution is -0.136. The molecule has 1 N–H and O–H groups in total. The van der Waals surface area contributed by atoms with E-state index < -0.39 is 11.9 Å². The Kier molecular flexibility index (Phi) is 6.69. The van der Waals surface area contributed by atoms with Crippen LogP contribution in [0.2, 0.25) is 0 Å². The summed E-state index contributed by atoms with van der Waals surface area (Å²) >= 11 is 1.31. The monoisotopic (exact) mass is 446 g/mol. The zero-order chi connectivity index (χ0) is 22.8. The Morgan fingerprint density at radius 3 is 2.48 bits per heavy atom. The average Bonchev–Trinajstić information content (AvgIpc) is 3.15. The first-order chi connectivity index (χ1) is 14.5. The van der Waals surface area contributed by atoms with Gasteiger partial charge in [-0.15, -0.1) is 10.2 Å². The van der Waals surface area contributed by atoms with E-state index in [1.54, 1.807) is 26.0 Å². The second-order valence-electron chi connectivity index (χ2n) is 7.72. The summed E-state index contributed by atoms with van der Waals surface area (Å²) < 4.78 is 33.9. The number of hydrogen-bond acceptors (Lipinski definition) is 5. The molecule has 1 aromatic heterocycles. The Bertz CT molecular complexity index is 1090. The summed E-state index contributed by atoms with van der Waals surface area (Å²) in [5.74, 6) is -3.74. The Morgan fingerprint density at radius 2 is 1.87 bits per heavy atom. The quantitative estimate of drug-likeness (QED) is 0.453. The Labute approximate surface area is 183 Å². The van der Waals surface area contributed by atoms with Crippen molar-refractivity contribution < 1.29 is 23.4 Å². The van der Waals surface area contributed by atoms with Crippen LogP contribution in [0.3, 0.4) is 0 Å². The highest BCUT2D eigenvalue weighted by atomic mass is 32.1. The fourth-order valence-electron chi connectivity index (χ4n) is 3.18. The highest BCUT2D eigenvalue weighted by molar-refractivity contribution is 7.17. The van der Waals surface area contributed by atoms with Crippen molar-refractivity contribution in [1.29, 1.82) is 0 Å². The van der Waals surface area contributed by atoms with E-state index in [9.17, 15) is 13.6 Å². The number of ether oxygens (including phenoxy) is 1.